The second-order valence-electron chi connectivity index (χ2n) is 6.29. The number of carbonyl (C=O) groups excluding carboxylic acids is 2. The quantitative estimate of drug-likeness (QED) is 0.643. The standard InChI is InChI=1S/C21H26N2O3S/c1-15-10-16(2)12-19(11-15)26-8-5-9-27-14-20(24)23-18-7-4-6-17(13-18)21(25)22-3/h4,6-7,10-13H,5,8-9,14H2,1-3H3,(H,22,25)(H,23,24). The van der Waals surface area contributed by atoms with E-state index in [1.54, 1.807) is 43.1 Å². The SMILES string of the molecule is CNC(=O)c1cccc(NC(=O)CSCCCOc2cc(C)cc(C)c2)c1. The van der Waals surface area contributed by atoms with Crippen LogP contribution in [-0.2, 0) is 4.79 Å². The summed E-state index contributed by atoms with van der Waals surface area (Å²) in [5, 5.41) is 5.39. The van der Waals surface area contributed by atoms with Crippen LogP contribution in [0.5, 0.6) is 5.75 Å². The molecular weight excluding hydrogens is 360 g/mol. The van der Waals surface area contributed by atoms with Crippen molar-refractivity contribution in [1.29, 1.82) is 0 Å². The lowest BCUT2D eigenvalue weighted by molar-refractivity contribution is -0.113. The number of benzene rings is 2. The van der Waals surface area contributed by atoms with Gasteiger partial charge in [0.1, 0.15) is 5.75 Å². The van der Waals surface area contributed by atoms with Gasteiger partial charge in [0.25, 0.3) is 5.91 Å². The molecule has 0 aliphatic rings. The van der Waals surface area contributed by atoms with Crippen LogP contribution in [0.15, 0.2) is 42.5 Å². The smallest absolute Gasteiger partial charge is 0.251 e. The summed E-state index contributed by atoms with van der Waals surface area (Å²) in [4.78, 5) is 23.7. The van der Waals surface area contributed by atoms with E-state index in [0.717, 1.165) is 17.9 Å². The van der Waals surface area contributed by atoms with Gasteiger partial charge < -0.3 is 15.4 Å². The molecule has 5 nitrogen and oxygen atoms in total. The molecule has 2 rings (SSSR count). The monoisotopic (exact) mass is 386 g/mol. The first kappa shape index (κ1) is 20.8. The summed E-state index contributed by atoms with van der Waals surface area (Å²) in [6.45, 7) is 4.74. The largest absolute Gasteiger partial charge is 0.494 e. The number of carbonyl (C=O) groups is 2. The number of amides is 2. The maximum Gasteiger partial charge on any atom is 0.251 e. The van der Waals surface area contributed by atoms with Gasteiger partial charge in [-0.15, -0.1) is 0 Å². The molecular formula is C21H26N2O3S. The Morgan fingerprint density at radius 3 is 2.52 bits per heavy atom. The van der Waals surface area contributed by atoms with Gasteiger partial charge in [0.15, 0.2) is 0 Å². The Morgan fingerprint density at radius 2 is 1.81 bits per heavy atom. The maximum atomic E-state index is 12.0. The van der Waals surface area contributed by atoms with Crippen LogP contribution in [0.4, 0.5) is 5.69 Å². The molecule has 0 atom stereocenters. The zero-order chi connectivity index (χ0) is 19.6. The summed E-state index contributed by atoms with van der Waals surface area (Å²) in [6.07, 6.45) is 0.872. The van der Waals surface area contributed by atoms with Gasteiger partial charge in [-0.05, 0) is 67.5 Å². The summed E-state index contributed by atoms with van der Waals surface area (Å²) in [5.41, 5.74) is 3.53. The van der Waals surface area contributed by atoms with Gasteiger partial charge in [-0.2, -0.15) is 11.8 Å². The van der Waals surface area contributed by atoms with E-state index in [1.165, 1.54) is 11.1 Å². The second kappa shape index (κ2) is 10.6. The number of thioether (sulfide) groups is 1. The molecule has 0 saturated heterocycles. The molecule has 0 aliphatic carbocycles. The van der Waals surface area contributed by atoms with Gasteiger partial charge >= 0.3 is 0 Å². The van der Waals surface area contributed by atoms with Gasteiger partial charge in [-0.25, -0.2) is 0 Å². The van der Waals surface area contributed by atoms with E-state index < -0.39 is 0 Å². The molecule has 0 saturated carbocycles. The van der Waals surface area contributed by atoms with Crippen molar-refractivity contribution in [3.8, 4) is 5.75 Å². The highest BCUT2D eigenvalue weighted by Crippen LogP contribution is 2.17. The molecule has 2 aromatic carbocycles. The molecule has 0 aromatic heterocycles. The van der Waals surface area contributed by atoms with Gasteiger partial charge in [-0.1, -0.05) is 12.1 Å². The minimum atomic E-state index is -0.177. The Hall–Kier alpha value is -2.47. The van der Waals surface area contributed by atoms with Gasteiger partial charge in [-0.3, -0.25) is 9.59 Å². The van der Waals surface area contributed by atoms with Crippen LogP contribution in [0.1, 0.15) is 27.9 Å². The molecule has 0 heterocycles. The van der Waals surface area contributed by atoms with Gasteiger partial charge in [0, 0.05) is 18.3 Å². The Bertz CT molecular complexity index is 772. The van der Waals surface area contributed by atoms with Crippen molar-refractivity contribution in [1.82, 2.24) is 5.32 Å². The molecule has 2 aromatic rings. The molecule has 27 heavy (non-hydrogen) atoms. The average molecular weight is 387 g/mol. The third kappa shape index (κ3) is 7.35. The van der Waals surface area contributed by atoms with E-state index in [4.69, 9.17) is 4.74 Å². The summed E-state index contributed by atoms with van der Waals surface area (Å²) in [5.74, 6) is 1.85. The van der Waals surface area contributed by atoms with Crippen LogP contribution in [-0.4, -0.2) is 37.0 Å². The third-order valence-electron chi connectivity index (χ3n) is 3.77. The van der Waals surface area contributed by atoms with Crippen molar-refractivity contribution in [2.45, 2.75) is 20.3 Å². The number of ether oxygens (including phenoxy) is 1. The number of rotatable bonds is 9. The minimum absolute atomic E-state index is 0.0794. The predicted molar refractivity (Wildman–Crippen MR) is 112 cm³/mol. The topological polar surface area (TPSA) is 67.4 Å². The number of hydrogen-bond acceptors (Lipinski definition) is 4. The van der Waals surface area contributed by atoms with Crippen LogP contribution in [0.25, 0.3) is 0 Å². The zero-order valence-corrected chi connectivity index (χ0v) is 16.8. The van der Waals surface area contributed by atoms with Crippen molar-refractivity contribution in [3.63, 3.8) is 0 Å². The first-order chi connectivity index (χ1) is 13.0. The molecule has 144 valence electrons. The van der Waals surface area contributed by atoms with E-state index >= 15 is 0 Å². The molecule has 6 heteroatoms. The highest BCUT2D eigenvalue weighted by atomic mass is 32.2. The zero-order valence-electron chi connectivity index (χ0n) is 16.0. The maximum absolute atomic E-state index is 12.0. The molecule has 0 aliphatic heterocycles. The molecule has 2 N–H and O–H groups in total. The van der Waals surface area contributed by atoms with Crippen molar-refractivity contribution in [3.05, 3.63) is 59.2 Å². The third-order valence-corrected chi connectivity index (χ3v) is 4.81. The number of aryl methyl sites for hydroxylation is 2. The van der Waals surface area contributed by atoms with Gasteiger partial charge in [0.05, 0.1) is 12.4 Å². The number of anilines is 1. The fourth-order valence-corrected chi connectivity index (χ4v) is 3.34. The van der Waals surface area contributed by atoms with E-state index in [1.807, 2.05) is 12.1 Å². The Morgan fingerprint density at radius 1 is 1.07 bits per heavy atom. The van der Waals surface area contributed by atoms with E-state index in [2.05, 4.69) is 30.5 Å². The first-order valence-electron chi connectivity index (χ1n) is 8.89. The summed E-state index contributed by atoms with van der Waals surface area (Å²) in [7, 11) is 1.58. The molecule has 0 radical (unpaired) electrons. The Kier molecular flexibility index (Phi) is 8.20. The normalized spacial score (nSPS) is 10.3. The molecule has 0 unspecified atom stereocenters. The van der Waals surface area contributed by atoms with E-state index in [0.29, 0.717) is 23.6 Å². The van der Waals surface area contributed by atoms with Crippen molar-refractivity contribution < 1.29 is 14.3 Å². The Labute approximate surface area is 164 Å². The lowest BCUT2D eigenvalue weighted by Gasteiger charge is -2.09. The second-order valence-corrected chi connectivity index (χ2v) is 7.39. The van der Waals surface area contributed by atoms with E-state index in [-0.39, 0.29) is 11.8 Å². The molecule has 0 fully saturated rings. The first-order valence-corrected chi connectivity index (χ1v) is 10.0. The predicted octanol–water partition coefficient (Wildman–Crippen LogP) is 3.80. The van der Waals surface area contributed by atoms with Crippen LogP contribution in [0.3, 0.4) is 0 Å². The van der Waals surface area contributed by atoms with Crippen molar-refractivity contribution >= 4 is 29.3 Å². The van der Waals surface area contributed by atoms with Crippen LogP contribution < -0.4 is 15.4 Å². The highest BCUT2D eigenvalue weighted by molar-refractivity contribution is 7.99. The Balaban J connectivity index is 1.65. The average Bonchev–Trinajstić information content (AvgIpc) is 2.63. The summed E-state index contributed by atoms with van der Waals surface area (Å²) in [6, 6.07) is 13.1. The molecule has 0 spiro atoms. The summed E-state index contributed by atoms with van der Waals surface area (Å²) < 4.78 is 5.76. The fraction of sp³-hybridized carbons (Fsp3) is 0.333. The number of hydrogen-bond donors (Lipinski definition) is 2. The van der Waals surface area contributed by atoms with E-state index in [9.17, 15) is 9.59 Å². The number of nitrogens with one attached hydrogen (secondary N) is 2. The molecule has 0 bridgehead atoms. The van der Waals surface area contributed by atoms with Crippen LogP contribution in [0, 0.1) is 13.8 Å². The highest BCUT2D eigenvalue weighted by Gasteiger charge is 2.06. The van der Waals surface area contributed by atoms with Gasteiger partial charge in [0.2, 0.25) is 5.91 Å². The van der Waals surface area contributed by atoms with Crippen molar-refractivity contribution in [2.24, 2.45) is 0 Å². The summed E-state index contributed by atoms with van der Waals surface area (Å²) >= 11 is 1.57. The van der Waals surface area contributed by atoms with Crippen molar-refractivity contribution in [2.75, 3.05) is 30.5 Å². The lowest BCUT2D eigenvalue weighted by Crippen LogP contribution is -2.19. The fourth-order valence-electron chi connectivity index (χ4n) is 2.61. The molecule has 2 amide bonds. The van der Waals surface area contributed by atoms with Crippen LogP contribution >= 0.6 is 11.8 Å². The van der Waals surface area contributed by atoms with Crippen LogP contribution in [0.2, 0.25) is 0 Å². The lowest BCUT2D eigenvalue weighted by atomic mass is 10.1. The minimum Gasteiger partial charge on any atom is -0.494 e.